The van der Waals surface area contributed by atoms with E-state index in [2.05, 4.69) is 5.32 Å². The van der Waals surface area contributed by atoms with Crippen LogP contribution in [0.4, 0.5) is 0 Å². The van der Waals surface area contributed by atoms with Crippen molar-refractivity contribution in [3.8, 4) is 0 Å². The lowest BCUT2D eigenvalue weighted by Gasteiger charge is -2.08. The maximum atomic E-state index is 11.2. The molecule has 0 aliphatic rings. The van der Waals surface area contributed by atoms with Gasteiger partial charge >= 0.3 is 0 Å². The van der Waals surface area contributed by atoms with Gasteiger partial charge in [-0.1, -0.05) is 6.92 Å². The molecule has 1 aromatic heterocycles. The highest BCUT2D eigenvalue weighted by Crippen LogP contribution is 1.99. The Morgan fingerprint density at radius 3 is 3.07 bits per heavy atom. The van der Waals surface area contributed by atoms with E-state index in [-0.39, 0.29) is 5.91 Å². The zero-order valence-corrected chi connectivity index (χ0v) is 8.32. The number of carbonyl (C=O) groups is 1. The number of furan rings is 1. The standard InChI is InChI=1S/C10H16N2O2/c1-2-9(11)10(13)12-6-5-8-4-3-7-14-8/h3-4,7,9H,2,5-6,11H2,1H3,(H,12,13)/t9-/m1/s1. The van der Waals surface area contributed by atoms with Crippen LogP contribution < -0.4 is 11.1 Å². The number of rotatable bonds is 5. The maximum absolute atomic E-state index is 11.2. The van der Waals surface area contributed by atoms with Gasteiger partial charge in [-0.05, 0) is 18.6 Å². The van der Waals surface area contributed by atoms with Crippen molar-refractivity contribution in [2.45, 2.75) is 25.8 Å². The molecule has 0 aromatic carbocycles. The molecule has 1 amide bonds. The van der Waals surface area contributed by atoms with E-state index in [1.54, 1.807) is 6.26 Å². The minimum atomic E-state index is -0.397. The molecule has 0 spiro atoms. The number of hydrogen-bond donors (Lipinski definition) is 2. The molecule has 3 N–H and O–H groups in total. The maximum Gasteiger partial charge on any atom is 0.236 e. The molecule has 1 heterocycles. The largest absolute Gasteiger partial charge is 0.469 e. The first-order valence-electron chi connectivity index (χ1n) is 4.79. The van der Waals surface area contributed by atoms with Crippen LogP contribution >= 0.6 is 0 Å². The lowest BCUT2D eigenvalue weighted by atomic mass is 10.2. The average Bonchev–Trinajstić information content (AvgIpc) is 2.69. The van der Waals surface area contributed by atoms with Gasteiger partial charge in [0, 0.05) is 13.0 Å². The van der Waals surface area contributed by atoms with E-state index in [0.29, 0.717) is 19.4 Å². The number of hydrogen-bond acceptors (Lipinski definition) is 3. The molecule has 0 bridgehead atoms. The van der Waals surface area contributed by atoms with Crippen molar-refractivity contribution in [1.82, 2.24) is 5.32 Å². The predicted molar refractivity (Wildman–Crippen MR) is 53.7 cm³/mol. The van der Waals surface area contributed by atoms with Crippen LogP contribution in [0.15, 0.2) is 22.8 Å². The van der Waals surface area contributed by atoms with Gasteiger partial charge in [-0.2, -0.15) is 0 Å². The monoisotopic (exact) mass is 196 g/mol. The summed E-state index contributed by atoms with van der Waals surface area (Å²) >= 11 is 0. The topological polar surface area (TPSA) is 68.3 Å². The van der Waals surface area contributed by atoms with Crippen molar-refractivity contribution in [3.63, 3.8) is 0 Å². The van der Waals surface area contributed by atoms with E-state index < -0.39 is 6.04 Å². The van der Waals surface area contributed by atoms with Crippen LogP contribution in [-0.4, -0.2) is 18.5 Å². The summed E-state index contributed by atoms with van der Waals surface area (Å²) in [4.78, 5) is 11.2. The number of nitrogens with one attached hydrogen (secondary N) is 1. The zero-order chi connectivity index (χ0) is 10.4. The van der Waals surface area contributed by atoms with E-state index in [9.17, 15) is 4.79 Å². The Bertz CT molecular complexity index is 270. The molecule has 0 radical (unpaired) electrons. The molecule has 14 heavy (non-hydrogen) atoms. The highest BCUT2D eigenvalue weighted by molar-refractivity contribution is 5.81. The Morgan fingerprint density at radius 2 is 2.50 bits per heavy atom. The third kappa shape index (κ3) is 3.22. The van der Waals surface area contributed by atoms with E-state index in [0.717, 1.165) is 5.76 Å². The highest BCUT2D eigenvalue weighted by atomic mass is 16.3. The average molecular weight is 196 g/mol. The predicted octanol–water partition coefficient (Wildman–Crippen LogP) is 0.676. The van der Waals surface area contributed by atoms with Crippen molar-refractivity contribution in [3.05, 3.63) is 24.2 Å². The van der Waals surface area contributed by atoms with E-state index in [1.165, 1.54) is 0 Å². The van der Waals surface area contributed by atoms with Crippen LogP contribution in [0.2, 0.25) is 0 Å². The van der Waals surface area contributed by atoms with Crippen molar-refractivity contribution in [2.24, 2.45) is 5.73 Å². The van der Waals surface area contributed by atoms with E-state index in [1.807, 2.05) is 19.1 Å². The molecule has 0 aliphatic carbocycles. The lowest BCUT2D eigenvalue weighted by Crippen LogP contribution is -2.40. The van der Waals surface area contributed by atoms with E-state index >= 15 is 0 Å². The molecular formula is C10H16N2O2. The van der Waals surface area contributed by atoms with Gasteiger partial charge in [-0.3, -0.25) is 4.79 Å². The first kappa shape index (κ1) is 10.8. The molecular weight excluding hydrogens is 180 g/mol. The van der Waals surface area contributed by atoms with Gasteiger partial charge < -0.3 is 15.5 Å². The second kappa shape index (κ2) is 5.44. The SMILES string of the molecule is CC[C@@H](N)C(=O)NCCc1ccco1. The van der Waals surface area contributed by atoms with Crippen molar-refractivity contribution >= 4 is 5.91 Å². The molecule has 1 aromatic rings. The summed E-state index contributed by atoms with van der Waals surface area (Å²) in [6, 6.07) is 3.31. The zero-order valence-electron chi connectivity index (χ0n) is 8.32. The van der Waals surface area contributed by atoms with Crippen LogP contribution in [0.5, 0.6) is 0 Å². The first-order valence-corrected chi connectivity index (χ1v) is 4.79. The van der Waals surface area contributed by atoms with Gasteiger partial charge in [0.15, 0.2) is 0 Å². The highest BCUT2D eigenvalue weighted by Gasteiger charge is 2.09. The molecule has 0 saturated heterocycles. The minimum Gasteiger partial charge on any atom is -0.469 e. The van der Waals surface area contributed by atoms with Crippen molar-refractivity contribution < 1.29 is 9.21 Å². The number of nitrogens with two attached hydrogens (primary N) is 1. The van der Waals surface area contributed by atoms with Gasteiger partial charge in [-0.15, -0.1) is 0 Å². The van der Waals surface area contributed by atoms with Crippen molar-refractivity contribution in [1.29, 1.82) is 0 Å². The summed E-state index contributed by atoms with van der Waals surface area (Å²) in [5.74, 6) is 0.773. The number of carbonyl (C=O) groups excluding carboxylic acids is 1. The smallest absolute Gasteiger partial charge is 0.236 e. The number of amides is 1. The van der Waals surface area contributed by atoms with Gasteiger partial charge in [0.1, 0.15) is 5.76 Å². The molecule has 1 atom stereocenters. The van der Waals surface area contributed by atoms with Gasteiger partial charge in [-0.25, -0.2) is 0 Å². The van der Waals surface area contributed by atoms with Gasteiger partial charge in [0.05, 0.1) is 12.3 Å². The third-order valence-electron chi connectivity index (χ3n) is 2.03. The molecule has 4 heteroatoms. The summed E-state index contributed by atoms with van der Waals surface area (Å²) in [7, 11) is 0. The summed E-state index contributed by atoms with van der Waals surface area (Å²) in [5, 5.41) is 2.75. The molecule has 1 rings (SSSR count). The van der Waals surface area contributed by atoms with E-state index in [4.69, 9.17) is 10.2 Å². The second-order valence-corrected chi connectivity index (χ2v) is 3.14. The molecule has 4 nitrogen and oxygen atoms in total. The minimum absolute atomic E-state index is 0.0981. The second-order valence-electron chi connectivity index (χ2n) is 3.14. The summed E-state index contributed by atoms with van der Waals surface area (Å²) in [5.41, 5.74) is 5.54. The molecule has 0 fully saturated rings. The summed E-state index contributed by atoms with van der Waals surface area (Å²) in [6.07, 6.45) is 2.98. The van der Waals surface area contributed by atoms with Crippen LogP contribution in [0, 0.1) is 0 Å². The Kier molecular flexibility index (Phi) is 4.19. The Labute approximate surface area is 83.5 Å². The normalized spacial score (nSPS) is 12.4. The fourth-order valence-electron chi connectivity index (χ4n) is 1.08. The van der Waals surface area contributed by atoms with Crippen LogP contribution in [0.1, 0.15) is 19.1 Å². The van der Waals surface area contributed by atoms with Gasteiger partial charge in [0.25, 0.3) is 0 Å². The fourth-order valence-corrected chi connectivity index (χ4v) is 1.08. The van der Waals surface area contributed by atoms with Crippen LogP contribution in [0.25, 0.3) is 0 Å². The van der Waals surface area contributed by atoms with Crippen LogP contribution in [-0.2, 0) is 11.2 Å². The Morgan fingerprint density at radius 1 is 1.71 bits per heavy atom. The fraction of sp³-hybridized carbons (Fsp3) is 0.500. The quantitative estimate of drug-likeness (QED) is 0.727. The molecule has 0 unspecified atom stereocenters. The Balaban J connectivity index is 2.18. The first-order chi connectivity index (χ1) is 6.74. The Hall–Kier alpha value is -1.29. The summed E-state index contributed by atoms with van der Waals surface area (Å²) < 4.78 is 5.12. The van der Waals surface area contributed by atoms with Crippen molar-refractivity contribution in [2.75, 3.05) is 6.54 Å². The van der Waals surface area contributed by atoms with Gasteiger partial charge in [0.2, 0.25) is 5.91 Å². The molecule has 0 saturated carbocycles. The lowest BCUT2D eigenvalue weighted by molar-refractivity contribution is -0.122. The third-order valence-corrected chi connectivity index (χ3v) is 2.03. The molecule has 78 valence electrons. The summed E-state index contributed by atoms with van der Waals surface area (Å²) in [6.45, 7) is 2.46. The van der Waals surface area contributed by atoms with Crippen LogP contribution in [0.3, 0.4) is 0 Å². The molecule has 0 aliphatic heterocycles.